The van der Waals surface area contributed by atoms with Gasteiger partial charge in [-0.3, -0.25) is 43.1 Å². The van der Waals surface area contributed by atoms with Gasteiger partial charge in [0.2, 0.25) is 27.2 Å². The molecule has 0 saturated carbocycles. The third kappa shape index (κ3) is 22.2. The predicted octanol–water partition coefficient (Wildman–Crippen LogP) is 16.5. The van der Waals surface area contributed by atoms with E-state index in [0.717, 1.165) is 79.8 Å². The van der Waals surface area contributed by atoms with Crippen LogP contribution in [0.3, 0.4) is 0 Å². The van der Waals surface area contributed by atoms with E-state index in [2.05, 4.69) is 259 Å². The number of rotatable bonds is 15. The molecule has 11 heterocycles. The van der Waals surface area contributed by atoms with E-state index in [1.165, 1.54) is 38.9 Å². The van der Waals surface area contributed by atoms with Crippen molar-refractivity contribution in [3.63, 3.8) is 0 Å². The number of benzene rings is 6. The minimum absolute atomic E-state index is 0.0961. The lowest BCUT2D eigenvalue weighted by molar-refractivity contribution is 0.282. The summed E-state index contributed by atoms with van der Waals surface area (Å²) in [5, 5.41) is 56.8. The molecule has 0 radical (unpaired) electrons. The largest absolute Gasteiger partial charge is 0.510 e. The third-order valence-corrected chi connectivity index (χ3v) is 21.8. The summed E-state index contributed by atoms with van der Waals surface area (Å²) < 4.78 is 9.31. The molecule has 0 fully saturated rings. The zero-order chi connectivity index (χ0) is 87.8. The Morgan fingerprint density at radius 2 is 0.659 bits per heavy atom. The van der Waals surface area contributed by atoms with Gasteiger partial charge in [0.15, 0.2) is 29.1 Å². The molecule has 11 aromatic rings. The fourth-order valence-electron chi connectivity index (χ4n) is 14.3. The van der Waals surface area contributed by atoms with Crippen LogP contribution >= 0.6 is 12.2 Å². The first-order valence-electron chi connectivity index (χ1n) is 41.9. The van der Waals surface area contributed by atoms with Gasteiger partial charge in [0.25, 0.3) is 0 Å². The van der Waals surface area contributed by atoms with Gasteiger partial charge in [-0.1, -0.05) is 248 Å². The molecule has 26 nitrogen and oxygen atoms in total. The van der Waals surface area contributed by atoms with E-state index < -0.39 is 0 Å². The number of aliphatic hydroxyl groups is 5. The van der Waals surface area contributed by atoms with Crippen molar-refractivity contribution in [2.75, 3.05) is 46.8 Å². The topological polar surface area (TPSA) is 322 Å². The van der Waals surface area contributed by atoms with Gasteiger partial charge in [-0.2, -0.15) is 24.9 Å². The van der Waals surface area contributed by atoms with Gasteiger partial charge in [0.1, 0.15) is 57.9 Å². The summed E-state index contributed by atoms with van der Waals surface area (Å²) in [5.41, 5.74) is 16.2. The zero-order valence-corrected chi connectivity index (χ0v) is 74.3. The molecule has 0 spiro atoms. The predicted molar refractivity (Wildman–Crippen MR) is 486 cm³/mol. The Kier molecular flexibility index (Phi) is 26.8. The molecule has 17 rings (SSSR count). The minimum Gasteiger partial charge on any atom is -0.510 e. The number of allylic oxidation sites excluding steroid dienone is 5. The van der Waals surface area contributed by atoms with E-state index in [0.29, 0.717) is 125 Å². The van der Waals surface area contributed by atoms with Crippen LogP contribution in [-0.4, -0.2) is 155 Å². The first-order valence-corrected chi connectivity index (χ1v) is 42.3. The highest BCUT2D eigenvalue weighted by Crippen LogP contribution is 2.32. The average molecular weight is 1670 g/mol. The van der Waals surface area contributed by atoms with E-state index in [4.69, 9.17) is 27.6 Å². The SMILES string of the molecule is CC(C)(C)c1ccc(-c2nc3n(c(=N)n2)CC(O)=C3)cc1.CC(C)(C)c1ccc(-c2nc3n(c(=NCCCN4Cc5ccccc5C4)n2)CC(O)=C3)cc1.CC(C)(C)c1ccc(-c2nc3n(c(=S)n2)CC(O)=C3)cc1.CCCCN=c1nc(-c2ccc(C)cc2)nc2n1CC(O)=C2.CN(C)CCN=c1nc(-c2ccc(C(C)(C)C)cc2)nc2n1CC(O)=C2. The average Bonchev–Trinajstić information content (AvgIpc) is 1.75. The number of aliphatic hydroxyl groups excluding tert-OH is 5. The summed E-state index contributed by atoms with van der Waals surface area (Å²) in [5.74, 6) is 7.68. The molecule has 638 valence electrons. The van der Waals surface area contributed by atoms with E-state index in [-0.39, 0.29) is 56.9 Å². The Morgan fingerprint density at radius 1 is 0.366 bits per heavy atom. The van der Waals surface area contributed by atoms with Crippen LogP contribution in [0.1, 0.15) is 177 Å². The monoisotopic (exact) mass is 1670 g/mol. The van der Waals surface area contributed by atoms with Crippen LogP contribution in [0.4, 0.5) is 0 Å². The van der Waals surface area contributed by atoms with Crippen LogP contribution in [0.15, 0.2) is 189 Å². The maximum atomic E-state index is 10.1. The molecule has 6 aliphatic heterocycles. The fraction of sp³-hybridized carbons (Fsp3) is 0.365. The van der Waals surface area contributed by atoms with Gasteiger partial charge >= 0.3 is 0 Å². The zero-order valence-electron chi connectivity index (χ0n) is 73.4. The van der Waals surface area contributed by atoms with Crippen LogP contribution in [0.2, 0.25) is 0 Å². The Bertz CT molecular complexity index is 6080. The van der Waals surface area contributed by atoms with E-state index >= 15 is 0 Å². The minimum atomic E-state index is 0.0961. The maximum absolute atomic E-state index is 10.1. The molecule has 27 heteroatoms. The Morgan fingerprint density at radius 3 is 1.00 bits per heavy atom. The maximum Gasteiger partial charge on any atom is 0.228 e. The number of nitrogens with one attached hydrogen (secondary N) is 1. The lowest BCUT2D eigenvalue weighted by Crippen LogP contribution is -2.28. The van der Waals surface area contributed by atoms with Crippen molar-refractivity contribution < 1.29 is 25.5 Å². The number of aromatic nitrogens is 15. The Labute approximate surface area is 724 Å². The number of aryl methyl sites for hydroxylation is 1. The molecule has 0 amide bonds. The molecule has 6 aromatic carbocycles. The summed E-state index contributed by atoms with van der Waals surface area (Å²) in [4.78, 5) is 63.9. The Hall–Kier alpha value is -12.6. The first-order chi connectivity index (χ1) is 58.5. The molecular weight excluding hydrogens is 1560 g/mol. The van der Waals surface area contributed by atoms with Crippen molar-refractivity contribution in [3.8, 4) is 56.9 Å². The quantitative estimate of drug-likeness (QED) is 0.0410. The summed E-state index contributed by atoms with van der Waals surface area (Å²) in [6.07, 6.45) is 11.3. The highest BCUT2D eigenvalue weighted by atomic mass is 32.1. The van der Waals surface area contributed by atoms with Crippen LogP contribution in [0.5, 0.6) is 0 Å². The number of nitrogens with zero attached hydrogens (tertiary/aromatic N) is 20. The number of hydrogen-bond acceptors (Lipinski definition) is 22. The van der Waals surface area contributed by atoms with E-state index in [1.807, 2.05) is 76.3 Å². The van der Waals surface area contributed by atoms with Gasteiger partial charge in [-0.05, 0) is 101 Å². The number of fused-ring (bicyclic) bond motifs is 6. The van der Waals surface area contributed by atoms with E-state index in [9.17, 15) is 25.5 Å². The molecule has 0 atom stereocenters. The third-order valence-electron chi connectivity index (χ3n) is 21.5. The number of unbranched alkanes of at least 4 members (excludes halogenated alkanes) is 1. The van der Waals surface area contributed by atoms with Crippen LogP contribution in [-0.2, 0) is 67.5 Å². The van der Waals surface area contributed by atoms with Crippen LogP contribution in [0, 0.1) is 17.1 Å². The van der Waals surface area contributed by atoms with Crippen molar-refractivity contribution in [2.45, 2.75) is 184 Å². The smallest absolute Gasteiger partial charge is 0.228 e. The second-order valence-corrected chi connectivity index (χ2v) is 36.3. The lowest BCUT2D eigenvalue weighted by atomic mass is 9.86. The molecule has 6 aliphatic rings. The van der Waals surface area contributed by atoms with Gasteiger partial charge in [0.05, 0.1) is 39.3 Å². The summed E-state index contributed by atoms with van der Waals surface area (Å²) >= 11 is 5.27. The highest BCUT2D eigenvalue weighted by Gasteiger charge is 2.25. The van der Waals surface area contributed by atoms with Crippen molar-refractivity contribution in [1.82, 2.24) is 82.5 Å². The molecule has 0 saturated heterocycles. The number of hydrogen-bond donors (Lipinski definition) is 6. The second-order valence-electron chi connectivity index (χ2n) is 36.0. The van der Waals surface area contributed by atoms with Crippen molar-refractivity contribution in [2.24, 2.45) is 15.0 Å². The molecule has 0 bridgehead atoms. The molecule has 5 aromatic heterocycles. The standard InChI is InChI=1S/C27H31N5O.C20H27N5O.C17H20N4O.C16H18N4O.C16H17N3OS/c1-27(2,3)22-11-9-19(10-12-22)25-29-24-15-23(33)18-32(24)26(30-25)28-13-6-14-31-16-20-7-4-5-8-21(20)17-31;1-20(2,3)15-8-6-14(7-9-15)18-22-17-12-16(26)13-25(17)19(23-18)21-10-11-24(4)5;1-3-4-9-18-17-20-16(13-7-5-12(2)6-8-13)19-15-10-14(22)11-21(15)17;1-16(2,3)11-6-4-10(5-7-11)14-18-13-8-12(21)9-20(13)15(17)19-14;1-16(2,3)11-6-4-10(5-7-11)14-17-13-8-12(20)9-19(13)15(21)18-14/h4-5,7-12,15,33H,6,13-14,16-18H2,1-3H3;6-9,12,26H,10-11,13H2,1-5H3;5-8,10,22H,3-4,9,11H2,1-2H3;4-8,17,21H,9H2,1-3H3;4-8,20H,9H2,1-3H3. The van der Waals surface area contributed by atoms with E-state index in [1.54, 1.807) is 39.5 Å². The van der Waals surface area contributed by atoms with Crippen molar-refractivity contribution in [1.29, 1.82) is 5.41 Å². The van der Waals surface area contributed by atoms with Gasteiger partial charge in [-0.15, -0.1) is 0 Å². The van der Waals surface area contributed by atoms with Crippen molar-refractivity contribution >= 4 is 42.6 Å². The highest BCUT2D eigenvalue weighted by molar-refractivity contribution is 7.71. The summed E-state index contributed by atoms with van der Waals surface area (Å²) in [7, 11) is 4.03. The summed E-state index contributed by atoms with van der Waals surface area (Å²) in [6.45, 7) is 38.1. The van der Waals surface area contributed by atoms with Crippen LogP contribution in [0.25, 0.3) is 87.3 Å². The second kappa shape index (κ2) is 37.4. The van der Waals surface area contributed by atoms with Crippen LogP contribution < -0.4 is 22.5 Å². The lowest BCUT2D eigenvalue weighted by Gasteiger charge is -2.19. The molecule has 0 aliphatic carbocycles. The molecule has 0 unspecified atom stereocenters. The molecule has 123 heavy (non-hydrogen) atoms. The van der Waals surface area contributed by atoms with Gasteiger partial charge in [-0.25, -0.2) is 29.9 Å². The molecule has 6 N–H and O–H groups in total. The van der Waals surface area contributed by atoms with Gasteiger partial charge in [0, 0.05) is 97.5 Å². The Balaban J connectivity index is 0.000000134. The molecular formula is C96H113N21O5S. The normalized spacial score (nSPS) is 14.7. The summed E-state index contributed by atoms with van der Waals surface area (Å²) in [6, 6.07) is 49.8. The van der Waals surface area contributed by atoms with Gasteiger partial charge < -0.3 is 30.4 Å². The fourth-order valence-corrected chi connectivity index (χ4v) is 14.5. The van der Waals surface area contributed by atoms with Crippen molar-refractivity contribution in [3.05, 3.63) is 270 Å². The number of likely N-dealkylation sites (N-methyl/N-ethyl adjacent to an activating group) is 1. The first kappa shape index (κ1) is 88.2.